The third-order valence-corrected chi connectivity index (χ3v) is 18.4. The third kappa shape index (κ3) is 38.8. The molecule has 2 aromatic rings. The minimum Gasteiger partial charge on any atom is -0.488 e. The first-order valence-electron chi connectivity index (χ1n) is 36.4. The lowest BCUT2D eigenvalue weighted by molar-refractivity contribution is -0.157. The molecule has 0 saturated carbocycles. The van der Waals surface area contributed by atoms with Gasteiger partial charge in [0.25, 0.3) is 0 Å². The fraction of sp³-hybridized carbons (Fsp3) is 0.680. The van der Waals surface area contributed by atoms with Crippen LogP contribution < -0.4 is 57.9 Å². The smallest absolute Gasteiger partial charge is 0.408 e. The lowest BCUT2D eigenvalue weighted by Crippen LogP contribution is -2.64. The van der Waals surface area contributed by atoms with Crippen LogP contribution in [0.1, 0.15) is 162 Å². The van der Waals surface area contributed by atoms with Gasteiger partial charge in [-0.15, -0.1) is 0 Å². The highest BCUT2D eigenvalue weighted by atomic mass is 33.1. The molecule has 30 nitrogen and oxygen atoms in total. The van der Waals surface area contributed by atoms with Gasteiger partial charge >= 0.3 is 18.0 Å². The van der Waals surface area contributed by atoms with Crippen LogP contribution in [0.2, 0.25) is 0 Å². The topological polar surface area (TPSA) is 399 Å². The van der Waals surface area contributed by atoms with Crippen LogP contribution in [0.15, 0.2) is 54.6 Å². The summed E-state index contributed by atoms with van der Waals surface area (Å²) in [5, 5.41) is 26.7. The number of esters is 2. The largest absolute Gasteiger partial charge is 0.488 e. The maximum Gasteiger partial charge on any atom is 0.408 e. The first kappa shape index (κ1) is 94.8. The average Bonchev–Trinajstić information content (AvgIpc) is 0.836. The quantitative estimate of drug-likeness (QED) is 0.0182. The molecule has 33 heteroatoms. The van der Waals surface area contributed by atoms with Crippen LogP contribution in [0.25, 0.3) is 0 Å². The molecule has 0 spiro atoms. The highest BCUT2D eigenvalue weighted by Crippen LogP contribution is 2.24. The van der Waals surface area contributed by atoms with Crippen molar-refractivity contribution in [2.45, 2.75) is 252 Å². The molecule has 0 aliphatic carbocycles. The molecular weight excluding hydrogens is 1460 g/mol. The molecule has 3 rings (SSSR count). The second-order valence-electron chi connectivity index (χ2n) is 30.9. The monoisotopic (exact) mass is 1580 g/mol. The fourth-order valence-electron chi connectivity index (χ4n) is 10.2. The van der Waals surface area contributed by atoms with E-state index < -0.39 is 192 Å². The van der Waals surface area contributed by atoms with E-state index in [0.717, 1.165) is 5.75 Å². The number of hydrogen-bond donors (Lipinski definition) is 10. The maximum atomic E-state index is 15.3. The standard InChI is InChI=1S/C75H120N10O20S3/c1-21-45(3)59-67(94)78-50(32-37-106-20)69(96)100-41-54(65(92)80-53(40-58(87)104-74(14,15)16)63(90)79-52(64(91)84-59)38-47-26-24-23-25-27-47)82-68(95)60(46(4)102-72(8,9)10)85-66(93)55(42-101-71(5,6)7)81-62(89)51(39-48-28-30-49(31-29-48)103-73(11,12)13)77-57(86)43-99-36-35-98-34-33-76-61(88)56(44-108-107-22-2)83-70(97)105-75(17,18)19/h23-31,45-46,50-56,59-60H,21-22,32-44H2,1-20H3,(H,76,88)(H,77,86)(H,78,94)(H,79,90)(H,80,92)(H,81,89)(H,82,95)(H,83,97)(H,84,91)(H,85,93)/t45?,46?,50-,51-,52-,53-,54-,55-,56-,59-,60-/m0/s1. The molecule has 0 aromatic heterocycles. The van der Waals surface area contributed by atoms with Gasteiger partial charge in [0.2, 0.25) is 53.2 Å². The molecule has 1 aliphatic rings. The summed E-state index contributed by atoms with van der Waals surface area (Å²) in [6.07, 6.45) is -0.917. The maximum absolute atomic E-state index is 15.3. The molecule has 2 aromatic carbocycles. The number of thioether (sulfide) groups is 1. The Morgan fingerprint density at radius 1 is 0.593 bits per heavy atom. The van der Waals surface area contributed by atoms with Gasteiger partial charge < -0.3 is 91.1 Å². The molecule has 10 N–H and O–H groups in total. The van der Waals surface area contributed by atoms with Gasteiger partial charge in [0, 0.05) is 30.9 Å². The van der Waals surface area contributed by atoms with Crippen molar-refractivity contribution in [3.63, 3.8) is 0 Å². The van der Waals surface area contributed by atoms with Crippen LogP contribution in [-0.4, -0.2) is 229 Å². The Bertz CT molecular complexity index is 3250. The molecule has 608 valence electrons. The minimum atomic E-state index is -1.96. The number of ether oxygens (including phenoxy) is 8. The highest BCUT2D eigenvalue weighted by Gasteiger charge is 2.41. The molecule has 1 aliphatic heterocycles. The number of rotatable bonds is 37. The van der Waals surface area contributed by atoms with E-state index in [4.69, 9.17) is 37.9 Å². The molecule has 0 bridgehead atoms. The van der Waals surface area contributed by atoms with Gasteiger partial charge in [-0.25, -0.2) is 9.59 Å². The summed E-state index contributed by atoms with van der Waals surface area (Å²) < 4.78 is 46.5. The molecule has 108 heavy (non-hydrogen) atoms. The van der Waals surface area contributed by atoms with Crippen molar-refractivity contribution in [3.05, 3.63) is 65.7 Å². The van der Waals surface area contributed by atoms with Crippen LogP contribution in [0.3, 0.4) is 0 Å². The summed E-state index contributed by atoms with van der Waals surface area (Å²) >= 11 is 1.36. The third-order valence-electron chi connectivity index (χ3n) is 15.3. The zero-order chi connectivity index (χ0) is 81.3. The van der Waals surface area contributed by atoms with Gasteiger partial charge in [0.15, 0.2) is 0 Å². The molecule has 1 fully saturated rings. The summed E-state index contributed by atoms with van der Waals surface area (Å²) in [5.41, 5.74) is -3.21. The summed E-state index contributed by atoms with van der Waals surface area (Å²) in [7, 11) is 2.96. The van der Waals surface area contributed by atoms with Crippen LogP contribution in [-0.2, 0) is 98.7 Å². The molecule has 1 saturated heterocycles. The number of hydrogen-bond acceptors (Lipinski definition) is 23. The van der Waals surface area contributed by atoms with Gasteiger partial charge in [0.1, 0.15) is 90.1 Å². The summed E-state index contributed by atoms with van der Waals surface area (Å²) in [4.78, 5) is 172. The Morgan fingerprint density at radius 3 is 1.80 bits per heavy atom. The number of benzene rings is 2. The Balaban J connectivity index is 2.08. The first-order chi connectivity index (χ1) is 50.3. The van der Waals surface area contributed by atoms with Gasteiger partial charge in [-0.05, 0) is 158 Å². The van der Waals surface area contributed by atoms with Crippen molar-refractivity contribution >= 4 is 105 Å². The molecule has 2 unspecified atom stereocenters. The normalized spacial score (nSPS) is 19.0. The van der Waals surface area contributed by atoms with Gasteiger partial charge in [0.05, 0.1) is 50.2 Å². The predicted molar refractivity (Wildman–Crippen MR) is 414 cm³/mol. The number of alkyl carbamates (subject to hydrolysis) is 1. The highest BCUT2D eigenvalue weighted by molar-refractivity contribution is 8.76. The number of amides is 10. The first-order valence-corrected chi connectivity index (χ1v) is 40.3. The van der Waals surface area contributed by atoms with Crippen LogP contribution in [0.4, 0.5) is 4.79 Å². The van der Waals surface area contributed by atoms with Crippen LogP contribution in [0.5, 0.6) is 5.75 Å². The zero-order valence-electron chi connectivity index (χ0n) is 66.5. The van der Waals surface area contributed by atoms with Crippen molar-refractivity contribution in [1.82, 2.24) is 53.2 Å². The van der Waals surface area contributed by atoms with Crippen molar-refractivity contribution in [2.24, 2.45) is 5.92 Å². The SMILES string of the molecule is CCSSC[C@H](NC(=O)OC(C)(C)C)C(=O)NCCOCCOCC(=O)N[C@@H](Cc1ccc(OC(C)(C)C)cc1)C(=O)N[C@@H](COC(C)(C)C)C(=O)N[C@H](C(=O)N[C@H]1COC(=O)[C@H](CCSC)NC(=O)[C@H](C(C)CC)NC(=O)[C@H](Cc2ccccc2)NC(=O)[C@H](CC(=O)OC(C)(C)C)NC1=O)C(C)OC(C)(C)C. The van der Waals surface area contributed by atoms with E-state index in [2.05, 4.69) is 53.2 Å². The number of cyclic esters (lactones) is 1. The average molecular weight is 1580 g/mol. The lowest BCUT2D eigenvalue weighted by Gasteiger charge is -2.33. The number of carbonyl (C=O) groups excluding carboxylic acids is 12. The minimum absolute atomic E-state index is 0.00457. The van der Waals surface area contributed by atoms with Crippen molar-refractivity contribution in [1.29, 1.82) is 0 Å². The van der Waals surface area contributed by atoms with E-state index >= 15 is 14.4 Å². The number of carbonyl (C=O) groups is 12. The molecule has 11 atom stereocenters. The number of nitrogens with one attached hydrogen (secondary N) is 10. The molecule has 10 amide bonds. The van der Waals surface area contributed by atoms with Gasteiger partial charge in [-0.1, -0.05) is 91.2 Å². The van der Waals surface area contributed by atoms with E-state index in [1.54, 1.807) is 158 Å². The van der Waals surface area contributed by atoms with E-state index in [1.165, 1.54) is 40.3 Å². The van der Waals surface area contributed by atoms with Crippen molar-refractivity contribution in [3.8, 4) is 5.75 Å². The Labute approximate surface area is 649 Å². The summed E-state index contributed by atoms with van der Waals surface area (Å²) in [6, 6.07) is 1.89. The molecular formula is C75H120N10O20S3. The van der Waals surface area contributed by atoms with Crippen molar-refractivity contribution in [2.75, 3.05) is 69.7 Å². The Morgan fingerprint density at radius 2 is 1.20 bits per heavy atom. The summed E-state index contributed by atoms with van der Waals surface area (Å²) in [5.74, 6) is -8.60. The van der Waals surface area contributed by atoms with Crippen molar-refractivity contribution < 1.29 is 95.4 Å². The van der Waals surface area contributed by atoms with E-state index in [0.29, 0.717) is 29.1 Å². The molecule has 0 radical (unpaired) electrons. The molecule has 1 heterocycles. The van der Waals surface area contributed by atoms with E-state index in [-0.39, 0.29) is 51.4 Å². The van der Waals surface area contributed by atoms with Gasteiger partial charge in [-0.3, -0.25) is 47.9 Å². The second-order valence-corrected chi connectivity index (χ2v) is 34.7. The second kappa shape index (κ2) is 45.7. The fourth-order valence-corrected chi connectivity index (χ4v) is 12.5. The Hall–Kier alpha value is -7.43. The zero-order valence-corrected chi connectivity index (χ0v) is 69.0. The van der Waals surface area contributed by atoms with Crippen LogP contribution >= 0.6 is 33.3 Å². The van der Waals surface area contributed by atoms with Gasteiger partial charge in [-0.2, -0.15) is 11.8 Å². The van der Waals surface area contributed by atoms with E-state index in [1.807, 2.05) is 27.7 Å². The lowest BCUT2D eigenvalue weighted by atomic mass is 9.96. The predicted octanol–water partition coefficient (Wildman–Crippen LogP) is 5.08. The van der Waals surface area contributed by atoms with Crippen LogP contribution in [0, 0.1) is 5.92 Å². The Kier molecular flexibility index (Phi) is 40.1. The van der Waals surface area contributed by atoms with E-state index in [9.17, 15) is 43.2 Å². The summed E-state index contributed by atoms with van der Waals surface area (Å²) in [6.45, 7) is 30.7.